The summed E-state index contributed by atoms with van der Waals surface area (Å²) < 4.78 is 1.78. The SMILES string of the molecule is CC(C)(CN)n1c(=O)c2ccccc2c2c3cc(Cl)ccc3[nH]c21. The Hall–Kier alpha value is -2.30. The molecule has 0 radical (unpaired) electrons. The molecule has 24 heavy (non-hydrogen) atoms. The number of pyridine rings is 1. The molecule has 0 aliphatic carbocycles. The topological polar surface area (TPSA) is 63.8 Å². The number of nitrogens with zero attached hydrogens (tertiary/aromatic N) is 1. The van der Waals surface area contributed by atoms with Gasteiger partial charge in [-0.15, -0.1) is 0 Å². The Bertz CT molecular complexity index is 1150. The van der Waals surface area contributed by atoms with Crippen LogP contribution in [0.25, 0.3) is 32.7 Å². The average Bonchev–Trinajstić information content (AvgIpc) is 2.93. The minimum Gasteiger partial charge on any atom is -0.340 e. The Morgan fingerprint density at radius 3 is 2.54 bits per heavy atom. The van der Waals surface area contributed by atoms with Gasteiger partial charge in [-0.05, 0) is 43.5 Å². The van der Waals surface area contributed by atoms with Crippen molar-refractivity contribution in [2.24, 2.45) is 5.73 Å². The molecular formula is C19H18ClN3O. The number of H-pyrrole nitrogens is 1. The minimum absolute atomic E-state index is 0.0359. The first-order valence-corrected chi connectivity index (χ1v) is 8.27. The van der Waals surface area contributed by atoms with Crippen molar-refractivity contribution >= 4 is 44.3 Å². The quantitative estimate of drug-likeness (QED) is 0.580. The predicted molar refractivity (Wildman–Crippen MR) is 101 cm³/mol. The largest absolute Gasteiger partial charge is 0.340 e. The molecule has 122 valence electrons. The molecular weight excluding hydrogens is 322 g/mol. The fraction of sp³-hybridized carbons (Fsp3) is 0.211. The molecule has 0 unspecified atom stereocenters. The molecule has 0 aliphatic rings. The fourth-order valence-electron chi connectivity index (χ4n) is 3.37. The third kappa shape index (κ3) is 2.00. The monoisotopic (exact) mass is 339 g/mol. The molecule has 2 heterocycles. The zero-order valence-corrected chi connectivity index (χ0v) is 14.3. The molecule has 0 amide bonds. The molecule has 0 fully saturated rings. The molecule has 0 aliphatic heterocycles. The van der Waals surface area contributed by atoms with Crippen LogP contribution in [0.5, 0.6) is 0 Å². The van der Waals surface area contributed by atoms with E-state index in [9.17, 15) is 4.79 Å². The van der Waals surface area contributed by atoms with Gasteiger partial charge in [0.05, 0.1) is 5.54 Å². The molecule has 4 aromatic rings. The van der Waals surface area contributed by atoms with E-state index in [-0.39, 0.29) is 5.56 Å². The molecule has 5 heteroatoms. The fourth-order valence-corrected chi connectivity index (χ4v) is 3.54. The van der Waals surface area contributed by atoms with Crippen molar-refractivity contribution in [1.82, 2.24) is 9.55 Å². The molecule has 0 saturated carbocycles. The number of halogens is 1. The molecule has 2 aromatic carbocycles. The summed E-state index contributed by atoms with van der Waals surface area (Å²) in [6.45, 7) is 4.30. The smallest absolute Gasteiger partial charge is 0.260 e. The number of nitrogens with one attached hydrogen (secondary N) is 1. The first-order valence-electron chi connectivity index (χ1n) is 7.89. The number of aromatic nitrogens is 2. The van der Waals surface area contributed by atoms with Gasteiger partial charge < -0.3 is 10.7 Å². The van der Waals surface area contributed by atoms with E-state index in [0.717, 1.165) is 27.3 Å². The van der Waals surface area contributed by atoms with Gasteiger partial charge in [-0.1, -0.05) is 29.8 Å². The number of nitrogens with two attached hydrogens (primary N) is 1. The zero-order chi connectivity index (χ0) is 17.1. The summed E-state index contributed by atoms with van der Waals surface area (Å²) in [5.74, 6) is 0. The van der Waals surface area contributed by atoms with Crippen molar-refractivity contribution < 1.29 is 0 Å². The Morgan fingerprint density at radius 2 is 1.83 bits per heavy atom. The number of hydrogen-bond acceptors (Lipinski definition) is 2. The maximum absolute atomic E-state index is 13.2. The van der Waals surface area contributed by atoms with Crippen molar-refractivity contribution in [2.75, 3.05) is 6.54 Å². The van der Waals surface area contributed by atoms with E-state index in [2.05, 4.69) is 4.98 Å². The zero-order valence-electron chi connectivity index (χ0n) is 13.6. The van der Waals surface area contributed by atoms with Crippen molar-refractivity contribution in [2.45, 2.75) is 19.4 Å². The van der Waals surface area contributed by atoms with Crippen LogP contribution in [0.1, 0.15) is 13.8 Å². The van der Waals surface area contributed by atoms with Crippen LogP contribution in [0.3, 0.4) is 0 Å². The van der Waals surface area contributed by atoms with Crippen LogP contribution in [0.4, 0.5) is 0 Å². The van der Waals surface area contributed by atoms with Gasteiger partial charge in [0.2, 0.25) is 0 Å². The molecule has 4 rings (SSSR count). The van der Waals surface area contributed by atoms with E-state index in [1.807, 2.05) is 56.3 Å². The average molecular weight is 340 g/mol. The van der Waals surface area contributed by atoms with Gasteiger partial charge >= 0.3 is 0 Å². The van der Waals surface area contributed by atoms with Crippen molar-refractivity contribution in [1.29, 1.82) is 0 Å². The Balaban J connectivity index is 2.37. The van der Waals surface area contributed by atoms with E-state index in [4.69, 9.17) is 17.3 Å². The molecule has 3 N–H and O–H groups in total. The molecule has 0 spiro atoms. The van der Waals surface area contributed by atoms with Crippen LogP contribution in [0.15, 0.2) is 47.3 Å². The van der Waals surface area contributed by atoms with Crippen LogP contribution >= 0.6 is 11.6 Å². The summed E-state index contributed by atoms with van der Waals surface area (Å²) in [4.78, 5) is 16.5. The Morgan fingerprint density at radius 1 is 1.12 bits per heavy atom. The summed E-state index contributed by atoms with van der Waals surface area (Å²) in [6.07, 6.45) is 0. The van der Waals surface area contributed by atoms with Crippen molar-refractivity contribution in [3.63, 3.8) is 0 Å². The summed E-state index contributed by atoms with van der Waals surface area (Å²) >= 11 is 6.21. The van der Waals surface area contributed by atoms with Crippen LogP contribution in [-0.2, 0) is 5.54 Å². The lowest BCUT2D eigenvalue weighted by molar-refractivity contribution is 0.368. The lowest BCUT2D eigenvalue weighted by Crippen LogP contribution is -2.42. The van der Waals surface area contributed by atoms with Gasteiger partial charge in [0.25, 0.3) is 5.56 Å². The number of hydrogen-bond donors (Lipinski definition) is 2. The number of rotatable bonds is 2. The highest BCUT2D eigenvalue weighted by Crippen LogP contribution is 2.33. The lowest BCUT2D eigenvalue weighted by atomic mass is 10.0. The van der Waals surface area contributed by atoms with E-state index < -0.39 is 5.54 Å². The second kappa shape index (κ2) is 5.10. The molecule has 0 saturated heterocycles. The maximum Gasteiger partial charge on any atom is 0.260 e. The first kappa shape index (κ1) is 15.2. The highest BCUT2D eigenvalue weighted by Gasteiger charge is 2.25. The predicted octanol–water partition coefficient (Wildman–Crippen LogP) is 3.98. The van der Waals surface area contributed by atoms with E-state index in [0.29, 0.717) is 17.0 Å². The second-order valence-electron chi connectivity index (χ2n) is 6.74. The Kier molecular flexibility index (Phi) is 3.24. The second-order valence-corrected chi connectivity index (χ2v) is 7.18. The molecule has 2 aromatic heterocycles. The van der Waals surface area contributed by atoms with E-state index in [1.54, 1.807) is 4.57 Å². The Labute approximate surface area is 143 Å². The minimum atomic E-state index is -0.510. The summed E-state index contributed by atoms with van der Waals surface area (Å²) in [6, 6.07) is 13.4. The maximum atomic E-state index is 13.2. The van der Waals surface area contributed by atoms with E-state index >= 15 is 0 Å². The van der Waals surface area contributed by atoms with Gasteiger partial charge in [-0.3, -0.25) is 9.36 Å². The standard InChI is InChI=1S/C19H18ClN3O/c1-19(2,10-21)23-17-16(12-5-3-4-6-13(12)18(23)24)14-9-11(20)7-8-15(14)22-17/h3-9,22H,10,21H2,1-2H3. The van der Waals surface area contributed by atoms with Crippen LogP contribution in [0, 0.1) is 0 Å². The van der Waals surface area contributed by atoms with Crippen LogP contribution in [0.2, 0.25) is 5.02 Å². The summed E-state index contributed by atoms with van der Waals surface area (Å²) in [5.41, 5.74) is 7.15. The third-order valence-electron chi connectivity index (χ3n) is 4.70. The van der Waals surface area contributed by atoms with Crippen LogP contribution in [-0.4, -0.2) is 16.1 Å². The van der Waals surface area contributed by atoms with Gasteiger partial charge in [-0.2, -0.15) is 0 Å². The van der Waals surface area contributed by atoms with Gasteiger partial charge in [-0.25, -0.2) is 0 Å². The highest BCUT2D eigenvalue weighted by atomic mass is 35.5. The highest BCUT2D eigenvalue weighted by molar-refractivity contribution is 6.32. The van der Waals surface area contributed by atoms with Crippen molar-refractivity contribution in [3.05, 3.63) is 57.8 Å². The summed E-state index contributed by atoms with van der Waals surface area (Å²) in [7, 11) is 0. The number of benzene rings is 2. The summed E-state index contributed by atoms with van der Waals surface area (Å²) in [5, 5.41) is 4.30. The van der Waals surface area contributed by atoms with Gasteiger partial charge in [0.15, 0.2) is 0 Å². The van der Waals surface area contributed by atoms with Gasteiger partial charge in [0, 0.05) is 33.2 Å². The third-order valence-corrected chi connectivity index (χ3v) is 4.93. The molecule has 4 nitrogen and oxygen atoms in total. The van der Waals surface area contributed by atoms with E-state index in [1.165, 1.54) is 0 Å². The van der Waals surface area contributed by atoms with Gasteiger partial charge in [0.1, 0.15) is 5.65 Å². The molecule has 0 bridgehead atoms. The molecule has 0 atom stereocenters. The number of aromatic amines is 1. The first-order chi connectivity index (χ1) is 11.4. The number of fused-ring (bicyclic) bond motifs is 5. The van der Waals surface area contributed by atoms with Crippen molar-refractivity contribution in [3.8, 4) is 0 Å². The normalized spacial score (nSPS) is 12.5. The lowest BCUT2D eigenvalue weighted by Gasteiger charge is -2.27. The van der Waals surface area contributed by atoms with Crippen LogP contribution < -0.4 is 11.3 Å².